The van der Waals surface area contributed by atoms with E-state index in [1.54, 1.807) is 0 Å². The Balaban J connectivity index is 0.000000142. The summed E-state index contributed by atoms with van der Waals surface area (Å²) in [5.41, 5.74) is 21.8. The minimum absolute atomic E-state index is 0.193. The van der Waals surface area contributed by atoms with Gasteiger partial charge in [0.2, 0.25) is 6.71 Å². The molecule has 0 saturated heterocycles. The lowest BCUT2D eigenvalue weighted by Crippen LogP contribution is -2.61. The molecule has 288 valence electrons. The largest absolute Gasteiger partial charge is 0.312 e. The number of rotatable bonds is 4. The molecule has 9 aromatic carbocycles. The number of aryl methyl sites for hydroxylation is 2. The molecule has 0 radical (unpaired) electrons. The number of benzene rings is 9. The van der Waals surface area contributed by atoms with Gasteiger partial charge in [-0.2, -0.15) is 0 Å². The maximum atomic E-state index is 2.44. The van der Waals surface area contributed by atoms with Gasteiger partial charge >= 0.3 is 0 Å². The van der Waals surface area contributed by atoms with Gasteiger partial charge in [-0.25, -0.2) is 0 Å². The number of fused-ring (bicyclic) bond motifs is 6. The maximum Gasteiger partial charge on any atom is 0.252 e. The molecule has 0 amide bonds. The molecule has 0 atom stereocenters. The van der Waals surface area contributed by atoms with Crippen molar-refractivity contribution in [3.8, 4) is 0 Å². The zero-order valence-corrected chi connectivity index (χ0v) is 34.4. The first kappa shape index (κ1) is 36.6. The topological polar surface area (TPSA) is 9.72 Å². The summed E-state index contributed by atoms with van der Waals surface area (Å²) in [6.45, 7) is 4.82. The molecule has 0 aliphatic carbocycles. The van der Waals surface area contributed by atoms with Crippen molar-refractivity contribution in [2.45, 2.75) is 13.8 Å². The first-order chi connectivity index (χ1) is 30.1. The lowest BCUT2D eigenvalue weighted by atomic mass is 9.33. The van der Waals surface area contributed by atoms with Crippen LogP contribution in [0.2, 0.25) is 0 Å². The van der Waals surface area contributed by atoms with Crippen LogP contribution in [0.3, 0.4) is 0 Å². The molecular weight excluding hydrogens is 736 g/mol. The van der Waals surface area contributed by atoms with Gasteiger partial charge in [-0.15, -0.1) is 0 Å². The molecule has 0 aromatic heterocycles. The van der Waals surface area contributed by atoms with Crippen LogP contribution in [-0.2, 0) is 0 Å². The van der Waals surface area contributed by atoms with Crippen molar-refractivity contribution in [2.75, 3.05) is 14.7 Å². The number of hydrogen-bond acceptors (Lipinski definition) is 3. The molecular formula is C56H43B2N3. The van der Waals surface area contributed by atoms with Crippen LogP contribution in [-0.4, -0.2) is 13.4 Å². The average molecular weight is 780 g/mol. The molecule has 0 bridgehead atoms. The summed E-state index contributed by atoms with van der Waals surface area (Å²) < 4.78 is 0. The van der Waals surface area contributed by atoms with E-state index in [1.807, 2.05) is 0 Å². The summed E-state index contributed by atoms with van der Waals surface area (Å²) in [7, 11) is 0. The van der Waals surface area contributed by atoms with Crippen LogP contribution >= 0.6 is 0 Å². The predicted octanol–water partition coefficient (Wildman–Crippen LogP) is 10.4. The maximum absolute atomic E-state index is 2.44. The first-order valence-electron chi connectivity index (χ1n) is 21.3. The van der Waals surface area contributed by atoms with Crippen molar-refractivity contribution in [2.24, 2.45) is 0 Å². The van der Waals surface area contributed by atoms with Gasteiger partial charge in [0.15, 0.2) is 0 Å². The lowest BCUT2D eigenvalue weighted by Gasteiger charge is -2.44. The van der Waals surface area contributed by atoms with Gasteiger partial charge in [-0.05, 0) is 120 Å². The smallest absolute Gasteiger partial charge is 0.252 e. The molecule has 0 fully saturated rings. The molecule has 3 nitrogen and oxygen atoms in total. The highest BCUT2D eigenvalue weighted by Crippen LogP contribution is 2.44. The van der Waals surface area contributed by atoms with Crippen LogP contribution in [0.5, 0.6) is 0 Å². The van der Waals surface area contributed by atoms with Crippen LogP contribution in [0.15, 0.2) is 224 Å². The Labute approximate surface area is 360 Å². The van der Waals surface area contributed by atoms with Crippen LogP contribution in [0.25, 0.3) is 0 Å². The minimum atomic E-state index is 0.193. The Morgan fingerprint density at radius 2 is 0.639 bits per heavy atom. The van der Waals surface area contributed by atoms with Crippen LogP contribution in [0.4, 0.5) is 51.2 Å². The van der Waals surface area contributed by atoms with Crippen LogP contribution in [0.1, 0.15) is 11.1 Å². The average Bonchev–Trinajstić information content (AvgIpc) is 3.32. The van der Waals surface area contributed by atoms with Crippen LogP contribution < -0.4 is 47.5 Å². The highest BCUT2D eigenvalue weighted by molar-refractivity contribution is 7.00. The monoisotopic (exact) mass is 779 g/mol. The van der Waals surface area contributed by atoms with Crippen molar-refractivity contribution in [1.82, 2.24) is 0 Å². The molecule has 9 aromatic rings. The number of para-hydroxylation sites is 6. The molecule has 0 spiro atoms. The quantitative estimate of drug-likeness (QED) is 0.165. The molecule has 0 N–H and O–H groups in total. The fraction of sp³-hybridized carbons (Fsp3) is 0.0357. The number of hydrogen-bond donors (Lipinski definition) is 0. The summed E-state index contributed by atoms with van der Waals surface area (Å²) in [6, 6.07) is 81.1. The highest BCUT2D eigenvalue weighted by atomic mass is 15.2. The summed E-state index contributed by atoms with van der Waals surface area (Å²) in [5, 5.41) is 0. The van der Waals surface area contributed by atoms with E-state index in [1.165, 1.54) is 95.1 Å². The van der Waals surface area contributed by atoms with Gasteiger partial charge < -0.3 is 14.7 Å². The van der Waals surface area contributed by atoms with Gasteiger partial charge in [-0.3, -0.25) is 0 Å². The zero-order chi connectivity index (χ0) is 40.9. The second-order valence-corrected chi connectivity index (χ2v) is 16.2. The Kier molecular flexibility index (Phi) is 9.16. The third-order valence-electron chi connectivity index (χ3n) is 12.4. The van der Waals surface area contributed by atoms with E-state index in [0.29, 0.717) is 0 Å². The van der Waals surface area contributed by atoms with E-state index in [0.717, 1.165) is 0 Å². The molecule has 3 aliphatic heterocycles. The Hall–Kier alpha value is -7.49. The normalized spacial score (nSPS) is 12.9. The van der Waals surface area contributed by atoms with Crippen molar-refractivity contribution in [3.63, 3.8) is 0 Å². The summed E-state index contributed by atoms with van der Waals surface area (Å²) in [4.78, 5) is 7.27. The fourth-order valence-electron chi connectivity index (χ4n) is 9.95. The molecule has 3 aliphatic rings. The molecule has 61 heavy (non-hydrogen) atoms. The van der Waals surface area contributed by atoms with Crippen LogP contribution in [0, 0.1) is 13.8 Å². The summed E-state index contributed by atoms with van der Waals surface area (Å²) in [5.74, 6) is 0. The number of nitrogens with zero attached hydrogens (tertiary/aromatic N) is 3. The Morgan fingerprint density at radius 1 is 0.279 bits per heavy atom. The van der Waals surface area contributed by atoms with Gasteiger partial charge in [0, 0.05) is 51.2 Å². The van der Waals surface area contributed by atoms with E-state index < -0.39 is 0 Å². The molecule has 12 rings (SSSR count). The lowest BCUT2D eigenvalue weighted by molar-refractivity contribution is 1.24. The van der Waals surface area contributed by atoms with Gasteiger partial charge in [0.1, 0.15) is 0 Å². The third kappa shape index (κ3) is 6.24. The second-order valence-electron chi connectivity index (χ2n) is 16.2. The van der Waals surface area contributed by atoms with Crippen molar-refractivity contribution >= 4 is 97.4 Å². The van der Waals surface area contributed by atoms with E-state index in [-0.39, 0.29) is 13.4 Å². The molecule has 0 saturated carbocycles. The summed E-state index contributed by atoms with van der Waals surface area (Å²) in [6.07, 6.45) is 0. The Bertz CT molecular complexity index is 2920. The van der Waals surface area contributed by atoms with E-state index in [9.17, 15) is 0 Å². The minimum Gasteiger partial charge on any atom is -0.312 e. The van der Waals surface area contributed by atoms with Gasteiger partial charge in [-0.1, -0.05) is 163 Å². The van der Waals surface area contributed by atoms with E-state index >= 15 is 0 Å². The van der Waals surface area contributed by atoms with Crippen molar-refractivity contribution < 1.29 is 0 Å². The number of anilines is 9. The fourth-order valence-corrected chi connectivity index (χ4v) is 9.95. The van der Waals surface area contributed by atoms with Crippen molar-refractivity contribution in [1.29, 1.82) is 0 Å². The van der Waals surface area contributed by atoms with E-state index in [2.05, 4.69) is 253 Å². The van der Waals surface area contributed by atoms with Gasteiger partial charge in [0.25, 0.3) is 6.71 Å². The van der Waals surface area contributed by atoms with Gasteiger partial charge in [0.05, 0.1) is 0 Å². The molecule has 0 unspecified atom stereocenters. The molecule has 3 heterocycles. The Morgan fingerprint density at radius 3 is 1.10 bits per heavy atom. The third-order valence-corrected chi connectivity index (χ3v) is 12.4. The standard InChI is InChI=1S/C31H23BN2.C25H20BN/c1-22-20-29-31-30(21-22)34(24-14-6-3-7-15-24)28-19-11-9-17-26(28)32(31)25-16-8-10-18-27(25)33(29)23-12-4-2-5-13-23;1-19-16-17-25-23(18-19)26(20-10-4-2-5-11-20)22-14-8-9-15-24(22)27(25)21-12-6-3-7-13-21/h2-21H,1H3;2-18H,1H3. The zero-order valence-electron chi connectivity index (χ0n) is 34.4. The second kappa shape index (κ2) is 15.3. The predicted molar refractivity (Wildman–Crippen MR) is 262 cm³/mol. The van der Waals surface area contributed by atoms with Crippen molar-refractivity contribution in [3.05, 3.63) is 236 Å². The van der Waals surface area contributed by atoms with E-state index in [4.69, 9.17) is 0 Å². The first-order valence-corrected chi connectivity index (χ1v) is 21.3. The summed E-state index contributed by atoms with van der Waals surface area (Å²) >= 11 is 0. The highest BCUT2D eigenvalue weighted by Gasteiger charge is 2.43. The molecule has 5 heteroatoms. The SMILES string of the molecule is Cc1cc2c3c(c1)N(c1ccccc1)c1ccccc1B3c1ccccc1N2c1ccccc1.Cc1ccc2c(c1)B(c1ccccc1)c1ccccc1N2c1ccccc1.